The van der Waals surface area contributed by atoms with Gasteiger partial charge in [-0.1, -0.05) is 6.32 Å². The lowest BCUT2D eigenvalue weighted by atomic mass is 9.67. The molecule has 6 N–H and O–H groups in total. The molecule has 0 saturated carbocycles. The van der Waals surface area contributed by atoms with Crippen molar-refractivity contribution >= 4 is 13.0 Å². The standard InChI is InChI=1S/C7H17BN3O/c9-4-1-2-6(11)7(12)8-3-5-10/h6H,1-5,9-11H2. The zero-order valence-electron chi connectivity index (χ0n) is 7.33. The summed E-state index contributed by atoms with van der Waals surface area (Å²) in [6, 6.07) is -0.389. The first-order valence-corrected chi connectivity index (χ1v) is 4.25. The number of carbonyl (C=O) groups excluding carboxylic acids is 1. The molecule has 0 amide bonds. The van der Waals surface area contributed by atoms with E-state index in [0.717, 1.165) is 6.42 Å². The molecule has 69 valence electrons. The number of hydrogen-bond acceptors (Lipinski definition) is 4. The highest BCUT2D eigenvalue weighted by atomic mass is 16.1. The molecule has 0 aromatic rings. The first kappa shape index (κ1) is 11.6. The van der Waals surface area contributed by atoms with Gasteiger partial charge in [-0.05, 0) is 25.9 Å². The van der Waals surface area contributed by atoms with Crippen LogP contribution in [0, 0.1) is 0 Å². The van der Waals surface area contributed by atoms with Crippen molar-refractivity contribution in [2.24, 2.45) is 17.2 Å². The number of carbonyl (C=O) groups is 1. The van der Waals surface area contributed by atoms with Crippen LogP contribution >= 0.6 is 0 Å². The SMILES string of the molecule is NCC[B]C(=O)C(N)CCCN. The van der Waals surface area contributed by atoms with Gasteiger partial charge < -0.3 is 22.0 Å². The topological polar surface area (TPSA) is 95.1 Å². The van der Waals surface area contributed by atoms with Gasteiger partial charge in [-0.3, -0.25) is 0 Å². The monoisotopic (exact) mass is 170 g/mol. The van der Waals surface area contributed by atoms with E-state index in [2.05, 4.69) is 0 Å². The summed E-state index contributed by atoms with van der Waals surface area (Å²) < 4.78 is 0. The van der Waals surface area contributed by atoms with Crippen LogP contribution in [0.1, 0.15) is 12.8 Å². The molecule has 0 saturated heterocycles. The van der Waals surface area contributed by atoms with Gasteiger partial charge in [-0.25, -0.2) is 0 Å². The van der Waals surface area contributed by atoms with Crippen LogP contribution in [0.25, 0.3) is 0 Å². The molecule has 0 aromatic carbocycles. The number of nitrogens with two attached hydrogens (primary N) is 3. The Balaban J connectivity index is 3.47. The first-order chi connectivity index (χ1) is 5.72. The van der Waals surface area contributed by atoms with Gasteiger partial charge in [0.1, 0.15) is 5.68 Å². The van der Waals surface area contributed by atoms with Crippen molar-refractivity contribution in [1.29, 1.82) is 0 Å². The fraction of sp³-hybridized carbons (Fsp3) is 0.857. The van der Waals surface area contributed by atoms with Crippen molar-refractivity contribution in [3.8, 4) is 0 Å². The summed E-state index contributed by atoms with van der Waals surface area (Å²) in [5.41, 5.74) is 16.1. The second-order valence-electron chi connectivity index (χ2n) is 2.72. The molecule has 0 aliphatic rings. The molecular weight excluding hydrogens is 153 g/mol. The third-order valence-electron chi connectivity index (χ3n) is 1.60. The molecule has 0 aliphatic carbocycles. The summed E-state index contributed by atoms with van der Waals surface area (Å²) in [7, 11) is 1.56. The van der Waals surface area contributed by atoms with Crippen LogP contribution in [0.5, 0.6) is 0 Å². The van der Waals surface area contributed by atoms with Crippen LogP contribution in [-0.2, 0) is 4.79 Å². The predicted molar refractivity (Wildman–Crippen MR) is 50.9 cm³/mol. The summed E-state index contributed by atoms with van der Waals surface area (Å²) in [5, 5.41) is 0. The molecule has 1 atom stereocenters. The van der Waals surface area contributed by atoms with E-state index < -0.39 is 0 Å². The first-order valence-electron chi connectivity index (χ1n) is 4.25. The van der Waals surface area contributed by atoms with Crippen molar-refractivity contribution in [2.75, 3.05) is 13.1 Å². The van der Waals surface area contributed by atoms with Crippen LogP contribution in [-0.4, -0.2) is 32.1 Å². The summed E-state index contributed by atoms with van der Waals surface area (Å²) in [4.78, 5) is 11.1. The van der Waals surface area contributed by atoms with E-state index in [1.807, 2.05) is 0 Å². The Kier molecular flexibility index (Phi) is 7.04. The molecular formula is C7H17BN3O. The van der Waals surface area contributed by atoms with Gasteiger partial charge in [0.2, 0.25) is 7.28 Å². The van der Waals surface area contributed by atoms with E-state index in [1.54, 1.807) is 7.28 Å². The molecule has 0 aromatic heterocycles. The van der Waals surface area contributed by atoms with E-state index in [1.165, 1.54) is 0 Å². The fourth-order valence-electron chi connectivity index (χ4n) is 0.857. The van der Waals surface area contributed by atoms with Crippen LogP contribution in [0.3, 0.4) is 0 Å². The molecule has 0 aliphatic heterocycles. The summed E-state index contributed by atoms with van der Waals surface area (Å²) in [6.45, 7) is 1.08. The molecule has 0 fully saturated rings. The second kappa shape index (κ2) is 7.27. The minimum absolute atomic E-state index is 0.0195. The molecule has 5 heteroatoms. The summed E-state index contributed by atoms with van der Waals surface area (Å²) in [5.74, 6) is 0. The third kappa shape index (κ3) is 5.29. The van der Waals surface area contributed by atoms with E-state index in [0.29, 0.717) is 25.8 Å². The van der Waals surface area contributed by atoms with Gasteiger partial charge in [0.25, 0.3) is 0 Å². The van der Waals surface area contributed by atoms with Crippen molar-refractivity contribution in [1.82, 2.24) is 0 Å². The maximum absolute atomic E-state index is 11.1. The van der Waals surface area contributed by atoms with E-state index in [9.17, 15) is 4.79 Å². The minimum Gasteiger partial charge on any atom is -0.331 e. The molecule has 0 rings (SSSR count). The summed E-state index contributed by atoms with van der Waals surface area (Å²) in [6.07, 6.45) is 2.06. The fourth-order valence-corrected chi connectivity index (χ4v) is 0.857. The largest absolute Gasteiger partial charge is 0.331 e. The quantitative estimate of drug-likeness (QED) is 0.412. The van der Waals surface area contributed by atoms with Crippen LogP contribution in [0.2, 0.25) is 6.32 Å². The van der Waals surface area contributed by atoms with E-state index >= 15 is 0 Å². The van der Waals surface area contributed by atoms with Crippen LogP contribution < -0.4 is 17.2 Å². The Labute approximate surface area is 74.1 Å². The smallest absolute Gasteiger partial charge is 0.205 e. The van der Waals surface area contributed by atoms with Crippen LogP contribution in [0.15, 0.2) is 0 Å². The third-order valence-corrected chi connectivity index (χ3v) is 1.60. The lowest BCUT2D eigenvalue weighted by molar-refractivity contribution is -0.113. The van der Waals surface area contributed by atoms with Gasteiger partial charge in [0, 0.05) is 0 Å². The zero-order valence-corrected chi connectivity index (χ0v) is 7.33. The second-order valence-corrected chi connectivity index (χ2v) is 2.72. The average molecular weight is 170 g/mol. The average Bonchev–Trinajstić information content (AvgIpc) is 2.10. The molecule has 1 unspecified atom stereocenters. The normalized spacial score (nSPS) is 12.6. The minimum atomic E-state index is -0.389. The highest BCUT2D eigenvalue weighted by Gasteiger charge is 2.12. The number of rotatable bonds is 7. The van der Waals surface area contributed by atoms with Gasteiger partial charge in [0.05, 0.1) is 6.04 Å². The van der Waals surface area contributed by atoms with Gasteiger partial charge in [0.15, 0.2) is 0 Å². The van der Waals surface area contributed by atoms with Crippen LogP contribution in [0.4, 0.5) is 0 Å². The number of hydrogen-bond donors (Lipinski definition) is 3. The highest BCUT2D eigenvalue weighted by molar-refractivity contribution is 6.74. The van der Waals surface area contributed by atoms with Crippen molar-refractivity contribution < 1.29 is 4.79 Å². The van der Waals surface area contributed by atoms with Gasteiger partial charge in [-0.15, -0.1) is 0 Å². The van der Waals surface area contributed by atoms with Crippen molar-refractivity contribution in [3.05, 3.63) is 0 Å². The maximum Gasteiger partial charge on any atom is 0.205 e. The van der Waals surface area contributed by atoms with Gasteiger partial charge >= 0.3 is 0 Å². The molecule has 4 nitrogen and oxygen atoms in total. The molecule has 1 radical (unpaired) electrons. The Morgan fingerprint density at radius 3 is 2.50 bits per heavy atom. The van der Waals surface area contributed by atoms with E-state index in [4.69, 9.17) is 17.2 Å². The lowest BCUT2D eigenvalue weighted by Gasteiger charge is -2.08. The highest BCUT2D eigenvalue weighted by Crippen LogP contribution is 1.94. The summed E-state index contributed by atoms with van der Waals surface area (Å²) >= 11 is 0. The molecule has 12 heavy (non-hydrogen) atoms. The Hall–Kier alpha value is -0.385. The Bertz CT molecular complexity index is 132. The van der Waals surface area contributed by atoms with Crippen molar-refractivity contribution in [3.63, 3.8) is 0 Å². The lowest BCUT2D eigenvalue weighted by Crippen LogP contribution is -2.35. The maximum atomic E-state index is 11.1. The Morgan fingerprint density at radius 1 is 1.33 bits per heavy atom. The van der Waals surface area contributed by atoms with E-state index in [-0.39, 0.29) is 11.7 Å². The van der Waals surface area contributed by atoms with Crippen molar-refractivity contribution in [2.45, 2.75) is 25.2 Å². The zero-order chi connectivity index (χ0) is 9.40. The molecule has 0 bridgehead atoms. The Morgan fingerprint density at radius 2 is 2.00 bits per heavy atom. The molecule has 0 heterocycles. The predicted octanol–water partition coefficient (Wildman–Crippen LogP) is -1.34. The molecule has 0 spiro atoms. The van der Waals surface area contributed by atoms with Gasteiger partial charge in [-0.2, -0.15) is 0 Å².